The summed E-state index contributed by atoms with van der Waals surface area (Å²) in [5, 5.41) is 36.4. The molecule has 12 N–H and O–H groups in total. The van der Waals surface area contributed by atoms with E-state index in [9.17, 15) is 34.5 Å². The molecule has 0 aliphatic carbocycles. The molecule has 0 heterocycles. The Morgan fingerprint density at radius 3 is 2.05 bits per heavy atom. The van der Waals surface area contributed by atoms with Gasteiger partial charge < -0.3 is 48.5 Å². The Bertz CT molecular complexity index is 997. The van der Waals surface area contributed by atoms with E-state index in [-0.39, 0.29) is 31.1 Å². The maximum absolute atomic E-state index is 13.4. The lowest BCUT2D eigenvalue weighted by Crippen LogP contribution is -2.59. The molecule has 3 amide bonds. The summed E-state index contributed by atoms with van der Waals surface area (Å²) in [6, 6.07) is 1.11. The SMILES string of the molecule is CCC(C)C(NC(=O)C(Cc1ccc(O)cc1)NC(=O)C(N)C(C)O)C(=O)NC(CCCN=C(N)N)C(=O)O. The van der Waals surface area contributed by atoms with Gasteiger partial charge in [0.05, 0.1) is 6.10 Å². The van der Waals surface area contributed by atoms with Crippen LogP contribution in [0.5, 0.6) is 5.75 Å². The van der Waals surface area contributed by atoms with Crippen molar-refractivity contribution >= 4 is 29.7 Å². The zero-order valence-corrected chi connectivity index (χ0v) is 22.5. The van der Waals surface area contributed by atoms with Crippen LogP contribution in [-0.2, 0) is 25.6 Å². The highest BCUT2D eigenvalue weighted by Crippen LogP contribution is 2.14. The molecule has 0 saturated carbocycles. The number of hydrogen-bond acceptors (Lipinski definition) is 8. The Kier molecular flexibility index (Phi) is 13.7. The van der Waals surface area contributed by atoms with Crippen molar-refractivity contribution in [3.8, 4) is 5.75 Å². The molecule has 1 aromatic carbocycles. The van der Waals surface area contributed by atoms with Crippen LogP contribution in [0.15, 0.2) is 29.3 Å². The molecule has 218 valence electrons. The van der Waals surface area contributed by atoms with Crippen LogP contribution in [0.3, 0.4) is 0 Å². The third-order valence-corrected chi connectivity index (χ3v) is 6.18. The van der Waals surface area contributed by atoms with Crippen molar-refractivity contribution in [2.75, 3.05) is 6.54 Å². The highest BCUT2D eigenvalue weighted by molar-refractivity contribution is 5.94. The third-order valence-electron chi connectivity index (χ3n) is 6.18. The minimum atomic E-state index is -1.30. The van der Waals surface area contributed by atoms with Gasteiger partial charge in [0.2, 0.25) is 17.7 Å². The third kappa shape index (κ3) is 11.6. The summed E-state index contributed by atoms with van der Waals surface area (Å²) in [7, 11) is 0. The number of carbonyl (C=O) groups excluding carboxylic acids is 3. The Balaban J connectivity index is 3.11. The quantitative estimate of drug-likeness (QED) is 0.0638. The molecular formula is C25H41N7O7. The second kappa shape index (κ2) is 16.1. The number of nitrogens with two attached hydrogens (primary N) is 3. The van der Waals surface area contributed by atoms with Crippen LogP contribution in [0.4, 0.5) is 0 Å². The molecule has 14 heteroatoms. The first kappa shape index (κ1) is 33.1. The highest BCUT2D eigenvalue weighted by Gasteiger charge is 2.33. The number of benzene rings is 1. The van der Waals surface area contributed by atoms with Gasteiger partial charge in [0.1, 0.15) is 29.9 Å². The number of phenolic OH excluding ortho intramolecular Hbond substituents is 1. The van der Waals surface area contributed by atoms with E-state index in [1.54, 1.807) is 26.0 Å². The molecule has 1 rings (SSSR count). The number of phenols is 1. The van der Waals surface area contributed by atoms with Crippen LogP contribution >= 0.6 is 0 Å². The Morgan fingerprint density at radius 1 is 0.949 bits per heavy atom. The van der Waals surface area contributed by atoms with Gasteiger partial charge in [-0.3, -0.25) is 19.4 Å². The number of carboxylic acid groups (broad SMARTS) is 1. The average molecular weight is 552 g/mol. The van der Waals surface area contributed by atoms with E-state index >= 15 is 0 Å². The van der Waals surface area contributed by atoms with Gasteiger partial charge in [-0.25, -0.2) is 4.79 Å². The van der Waals surface area contributed by atoms with E-state index in [4.69, 9.17) is 17.2 Å². The van der Waals surface area contributed by atoms with E-state index in [2.05, 4.69) is 20.9 Å². The summed E-state index contributed by atoms with van der Waals surface area (Å²) in [6.07, 6.45) is -0.374. The van der Waals surface area contributed by atoms with Crippen LogP contribution in [0, 0.1) is 5.92 Å². The fraction of sp³-hybridized carbons (Fsp3) is 0.560. The molecule has 0 aromatic heterocycles. The lowest BCUT2D eigenvalue weighted by molar-refractivity contribution is -0.143. The number of aliphatic hydroxyl groups excluding tert-OH is 1. The van der Waals surface area contributed by atoms with Gasteiger partial charge in [-0.05, 0) is 43.4 Å². The fourth-order valence-electron chi connectivity index (χ4n) is 3.54. The normalized spacial score (nSPS) is 15.5. The molecule has 0 spiro atoms. The Morgan fingerprint density at radius 2 is 1.54 bits per heavy atom. The number of amides is 3. The number of rotatable bonds is 16. The number of guanidine groups is 1. The van der Waals surface area contributed by atoms with Gasteiger partial charge in [-0.1, -0.05) is 32.4 Å². The van der Waals surface area contributed by atoms with Crippen LogP contribution in [0.1, 0.15) is 45.6 Å². The first-order valence-corrected chi connectivity index (χ1v) is 12.7. The number of carboxylic acids is 1. The van der Waals surface area contributed by atoms with Gasteiger partial charge in [0, 0.05) is 13.0 Å². The van der Waals surface area contributed by atoms with Crippen molar-refractivity contribution in [1.82, 2.24) is 16.0 Å². The molecule has 0 aliphatic rings. The molecule has 6 unspecified atom stereocenters. The van der Waals surface area contributed by atoms with E-state index in [0.29, 0.717) is 18.4 Å². The van der Waals surface area contributed by atoms with Crippen molar-refractivity contribution < 1.29 is 34.5 Å². The maximum atomic E-state index is 13.4. The van der Waals surface area contributed by atoms with Crippen molar-refractivity contribution in [2.45, 2.75) is 76.7 Å². The zero-order chi connectivity index (χ0) is 29.7. The van der Waals surface area contributed by atoms with Gasteiger partial charge in [0.15, 0.2) is 5.96 Å². The van der Waals surface area contributed by atoms with E-state index in [1.165, 1.54) is 19.1 Å². The first-order chi connectivity index (χ1) is 18.3. The second-order valence-corrected chi connectivity index (χ2v) is 9.42. The second-order valence-electron chi connectivity index (χ2n) is 9.42. The molecule has 1 aromatic rings. The van der Waals surface area contributed by atoms with Gasteiger partial charge >= 0.3 is 5.97 Å². The number of nitrogens with one attached hydrogen (secondary N) is 3. The van der Waals surface area contributed by atoms with E-state index in [0.717, 1.165) is 0 Å². The lowest BCUT2D eigenvalue weighted by atomic mass is 9.96. The molecule has 0 bridgehead atoms. The smallest absolute Gasteiger partial charge is 0.326 e. The minimum Gasteiger partial charge on any atom is -0.508 e. The minimum absolute atomic E-state index is 0.0121. The van der Waals surface area contributed by atoms with Crippen molar-refractivity contribution in [1.29, 1.82) is 0 Å². The largest absolute Gasteiger partial charge is 0.508 e. The highest BCUT2D eigenvalue weighted by atomic mass is 16.4. The number of aromatic hydroxyl groups is 1. The number of aliphatic imine (C=N–C) groups is 1. The summed E-state index contributed by atoms with van der Waals surface area (Å²) >= 11 is 0. The number of aliphatic hydroxyl groups is 1. The van der Waals surface area contributed by atoms with Crippen molar-refractivity contribution in [3.05, 3.63) is 29.8 Å². The first-order valence-electron chi connectivity index (χ1n) is 12.7. The Hall–Kier alpha value is -3.91. The standard InChI is InChI=1S/C25H41N7O7/c1-4-13(2)20(23(37)30-17(24(38)39)6-5-11-29-25(27)28)32-21(35)18(31-22(36)19(26)14(3)33)12-15-7-9-16(34)10-8-15/h7-10,13-14,17-20,33-34H,4-6,11-12,26H2,1-3H3,(H,30,37)(H,31,36)(H,32,35)(H,38,39)(H4,27,28,29). The van der Waals surface area contributed by atoms with Gasteiger partial charge in [0.25, 0.3) is 0 Å². The van der Waals surface area contributed by atoms with E-state index in [1.807, 2.05) is 0 Å². The monoisotopic (exact) mass is 551 g/mol. The molecular weight excluding hydrogens is 510 g/mol. The number of hydrogen-bond donors (Lipinski definition) is 9. The molecule has 0 radical (unpaired) electrons. The predicted molar refractivity (Wildman–Crippen MR) is 144 cm³/mol. The molecule has 0 aliphatic heterocycles. The molecule has 14 nitrogen and oxygen atoms in total. The zero-order valence-electron chi connectivity index (χ0n) is 22.5. The molecule has 0 fully saturated rings. The van der Waals surface area contributed by atoms with Crippen molar-refractivity contribution in [3.63, 3.8) is 0 Å². The van der Waals surface area contributed by atoms with Crippen LogP contribution in [-0.4, -0.2) is 81.8 Å². The fourth-order valence-corrected chi connectivity index (χ4v) is 3.54. The summed E-state index contributed by atoms with van der Waals surface area (Å²) < 4.78 is 0. The Labute approximate surface area is 227 Å². The van der Waals surface area contributed by atoms with E-state index < -0.39 is 59.9 Å². The topological polar surface area (TPSA) is 255 Å². The molecule has 6 atom stereocenters. The van der Waals surface area contributed by atoms with Gasteiger partial charge in [-0.2, -0.15) is 0 Å². The summed E-state index contributed by atoms with van der Waals surface area (Å²) in [5.41, 5.74) is 16.9. The number of nitrogens with zero attached hydrogens (tertiary/aromatic N) is 1. The summed E-state index contributed by atoms with van der Waals surface area (Å²) in [6.45, 7) is 5.04. The predicted octanol–water partition coefficient (Wildman–Crippen LogP) is -1.72. The number of carbonyl (C=O) groups is 4. The summed E-state index contributed by atoms with van der Waals surface area (Å²) in [5.74, 6) is -3.97. The van der Waals surface area contributed by atoms with Crippen LogP contribution in [0.2, 0.25) is 0 Å². The van der Waals surface area contributed by atoms with Crippen LogP contribution in [0.25, 0.3) is 0 Å². The van der Waals surface area contributed by atoms with Crippen LogP contribution < -0.4 is 33.2 Å². The number of aliphatic carboxylic acids is 1. The summed E-state index contributed by atoms with van der Waals surface area (Å²) in [4.78, 5) is 54.6. The molecule has 39 heavy (non-hydrogen) atoms. The van der Waals surface area contributed by atoms with Gasteiger partial charge in [-0.15, -0.1) is 0 Å². The maximum Gasteiger partial charge on any atom is 0.326 e. The average Bonchev–Trinajstić information content (AvgIpc) is 2.88. The van der Waals surface area contributed by atoms with Crippen molar-refractivity contribution in [2.24, 2.45) is 28.1 Å². The lowest BCUT2D eigenvalue weighted by Gasteiger charge is -2.28. The molecule has 0 saturated heterocycles.